The topological polar surface area (TPSA) is 90.4 Å². The lowest BCUT2D eigenvalue weighted by molar-refractivity contribution is -0.192. The number of amides is 2. The summed E-state index contributed by atoms with van der Waals surface area (Å²) in [7, 11) is 1.61. The van der Waals surface area contributed by atoms with E-state index in [1.807, 2.05) is 23.1 Å². The summed E-state index contributed by atoms with van der Waals surface area (Å²) in [6.45, 7) is 7.27. The maximum atomic E-state index is 13.6. The number of carbonyl (C=O) groups is 3. The summed E-state index contributed by atoms with van der Waals surface area (Å²) in [6.07, 6.45) is -0.306. The number of hydrogen-bond donors (Lipinski definition) is 1. The van der Waals surface area contributed by atoms with E-state index in [0.29, 0.717) is 30.3 Å². The molecule has 3 saturated heterocycles. The Hall–Kier alpha value is -2.82. The Morgan fingerprint density at radius 2 is 1.69 bits per heavy atom. The Morgan fingerprint density at radius 3 is 2.28 bits per heavy atom. The first-order valence-electron chi connectivity index (χ1n) is 12.3. The lowest BCUT2D eigenvalue weighted by Crippen LogP contribution is -2.50. The highest BCUT2D eigenvalue weighted by Gasteiger charge is 2.54. The van der Waals surface area contributed by atoms with Crippen molar-refractivity contribution in [2.24, 2.45) is 5.41 Å². The van der Waals surface area contributed by atoms with Crippen LogP contribution in [0.2, 0.25) is 0 Å². The molecule has 0 aromatic heterocycles. The predicted octanol–water partition coefficient (Wildman–Crippen LogP) is 3.27. The largest absolute Gasteiger partial charge is 0.497 e. The van der Waals surface area contributed by atoms with Gasteiger partial charge in [-0.1, -0.05) is 13.0 Å². The highest BCUT2D eigenvalue weighted by Crippen LogP contribution is 2.45. The van der Waals surface area contributed by atoms with Crippen molar-refractivity contribution in [2.45, 2.75) is 51.2 Å². The molecule has 2 amide bonds. The van der Waals surface area contributed by atoms with Gasteiger partial charge in [0.2, 0.25) is 5.91 Å². The van der Waals surface area contributed by atoms with E-state index in [1.54, 1.807) is 13.2 Å². The van der Waals surface area contributed by atoms with Gasteiger partial charge in [0.05, 0.1) is 12.5 Å². The molecule has 0 saturated carbocycles. The third kappa shape index (κ3) is 5.93. The zero-order valence-corrected chi connectivity index (χ0v) is 20.7. The molecule has 1 aromatic rings. The van der Waals surface area contributed by atoms with Crippen LogP contribution in [0.25, 0.3) is 0 Å². The minimum absolute atomic E-state index is 0.0377. The van der Waals surface area contributed by atoms with E-state index in [0.717, 1.165) is 58.3 Å². The van der Waals surface area contributed by atoms with E-state index in [2.05, 4.69) is 16.7 Å². The number of alkyl halides is 3. The molecule has 11 heteroatoms. The molecule has 0 radical (unpaired) electrons. The molecule has 3 aliphatic heterocycles. The molecule has 0 aliphatic carbocycles. The van der Waals surface area contributed by atoms with Crippen LogP contribution in [0.15, 0.2) is 24.3 Å². The number of carboxylic acids is 1. The molecule has 4 rings (SSSR count). The van der Waals surface area contributed by atoms with E-state index in [-0.39, 0.29) is 17.4 Å². The first-order chi connectivity index (χ1) is 17.0. The summed E-state index contributed by atoms with van der Waals surface area (Å²) >= 11 is 0. The molecule has 3 heterocycles. The molecule has 0 bridgehead atoms. The number of carboxylic acid groups (broad SMARTS) is 1. The highest BCUT2D eigenvalue weighted by atomic mass is 19.4. The van der Waals surface area contributed by atoms with Crippen LogP contribution in [0.1, 0.15) is 49.4 Å². The maximum Gasteiger partial charge on any atom is 0.490 e. The second-order valence-corrected chi connectivity index (χ2v) is 9.42. The SMILES string of the molecule is CCN1CC[C@@]2(C(=O)N3CCCC3)CCN(C(=O)c3cccc(OC)c3)CC[C@@H]12.O=C(O)C(F)(F)F. The summed E-state index contributed by atoms with van der Waals surface area (Å²) in [5.41, 5.74) is 0.327. The monoisotopic (exact) mass is 513 g/mol. The van der Waals surface area contributed by atoms with Gasteiger partial charge in [-0.15, -0.1) is 0 Å². The van der Waals surface area contributed by atoms with Crippen LogP contribution in [0, 0.1) is 5.41 Å². The van der Waals surface area contributed by atoms with Gasteiger partial charge in [0, 0.05) is 37.8 Å². The van der Waals surface area contributed by atoms with Crippen LogP contribution in [0.4, 0.5) is 13.2 Å². The number of ether oxygens (including phenoxy) is 1. The molecule has 2 atom stereocenters. The number of fused-ring (bicyclic) bond motifs is 1. The van der Waals surface area contributed by atoms with Crippen molar-refractivity contribution >= 4 is 17.8 Å². The van der Waals surface area contributed by atoms with E-state index in [1.165, 1.54) is 0 Å². The molecular weight excluding hydrogens is 479 g/mol. The van der Waals surface area contributed by atoms with Crippen molar-refractivity contribution < 1.29 is 37.4 Å². The van der Waals surface area contributed by atoms with Crippen molar-refractivity contribution in [3.63, 3.8) is 0 Å². The van der Waals surface area contributed by atoms with E-state index in [4.69, 9.17) is 14.6 Å². The zero-order chi connectivity index (χ0) is 26.5. The van der Waals surface area contributed by atoms with Gasteiger partial charge in [0.15, 0.2) is 0 Å². The number of aliphatic carboxylic acids is 1. The van der Waals surface area contributed by atoms with Crippen molar-refractivity contribution in [2.75, 3.05) is 46.4 Å². The molecule has 3 fully saturated rings. The number of nitrogens with zero attached hydrogens (tertiary/aromatic N) is 3. The molecule has 0 unspecified atom stereocenters. The molecule has 8 nitrogen and oxygen atoms in total. The fourth-order valence-electron chi connectivity index (χ4n) is 5.60. The van der Waals surface area contributed by atoms with E-state index >= 15 is 0 Å². The molecule has 1 N–H and O–H groups in total. The van der Waals surface area contributed by atoms with Crippen molar-refractivity contribution in [1.82, 2.24) is 14.7 Å². The van der Waals surface area contributed by atoms with Crippen molar-refractivity contribution in [3.8, 4) is 5.75 Å². The minimum atomic E-state index is -5.08. The number of benzene rings is 1. The fourth-order valence-corrected chi connectivity index (χ4v) is 5.60. The molecule has 36 heavy (non-hydrogen) atoms. The Morgan fingerprint density at radius 1 is 1.06 bits per heavy atom. The van der Waals surface area contributed by atoms with Gasteiger partial charge < -0.3 is 19.6 Å². The Kier molecular flexibility index (Phi) is 8.86. The third-order valence-corrected chi connectivity index (χ3v) is 7.50. The summed E-state index contributed by atoms with van der Waals surface area (Å²) in [5, 5.41) is 7.12. The fraction of sp³-hybridized carbons (Fsp3) is 0.640. The Bertz CT molecular complexity index is 951. The minimum Gasteiger partial charge on any atom is -0.497 e. The molecule has 200 valence electrons. The summed E-state index contributed by atoms with van der Waals surface area (Å²) < 4.78 is 37.0. The molecule has 3 aliphatic rings. The molecule has 0 spiro atoms. The lowest BCUT2D eigenvalue weighted by Gasteiger charge is -2.38. The van der Waals surface area contributed by atoms with Crippen LogP contribution >= 0.6 is 0 Å². The zero-order valence-electron chi connectivity index (χ0n) is 20.7. The normalized spacial score (nSPS) is 24.4. The number of hydrogen-bond acceptors (Lipinski definition) is 5. The van der Waals surface area contributed by atoms with E-state index < -0.39 is 12.1 Å². The van der Waals surface area contributed by atoms with Gasteiger partial charge >= 0.3 is 12.1 Å². The molecular formula is C25H34F3N3O5. The summed E-state index contributed by atoms with van der Waals surface area (Å²) in [5.74, 6) is -1.68. The summed E-state index contributed by atoms with van der Waals surface area (Å²) in [4.78, 5) is 42.2. The van der Waals surface area contributed by atoms with Gasteiger partial charge in [-0.3, -0.25) is 14.5 Å². The molecule has 1 aromatic carbocycles. The number of carbonyl (C=O) groups excluding carboxylic acids is 2. The maximum absolute atomic E-state index is 13.6. The number of methoxy groups -OCH3 is 1. The number of likely N-dealkylation sites (tertiary alicyclic amines) is 3. The van der Waals surface area contributed by atoms with Crippen LogP contribution in [0.3, 0.4) is 0 Å². The second-order valence-electron chi connectivity index (χ2n) is 9.42. The second kappa shape index (κ2) is 11.5. The van der Waals surface area contributed by atoms with Crippen LogP contribution in [0.5, 0.6) is 5.75 Å². The Labute approximate surface area is 209 Å². The highest BCUT2D eigenvalue weighted by molar-refractivity contribution is 5.94. The Balaban J connectivity index is 0.000000454. The number of rotatable bonds is 4. The van der Waals surface area contributed by atoms with Gasteiger partial charge in [0.1, 0.15) is 5.75 Å². The van der Waals surface area contributed by atoms with Crippen LogP contribution in [-0.4, -0.2) is 96.2 Å². The van der Waals surface area contributed by atoms with Crippen LogP contribution in [-0.2, 0) is 9.59 Å². The van der Waals surface area contributed by atoms with Gasteiger partial charge in [-0.25, -0.2) is 4.79 Å². The van der Waals surface area contributed by atoms with Crippen molar-refractivity contribution in [3.05, 3.63) is 29.8 Å². The average molecular weight is 514 g/mol. The third-order valence-electron chi connectivity index (χ3n) is 7.50. The average Bonchev–Trinajstić information content (AvgIpc) is 3.48. The first-order valence-corrected chi connectivity index (χ1v) is 12.3. The van der Waals surface area contributed by atoms with Crippen molar-refractivity contribution in [1.29, 1.82) is 0 Å². The van der Waals surface area contributed by atoms with Gasteiger partial charge in [-0.2, -0.15) is 13.2 Å². The lowest BCUT2D eigenvalue weighted by atomic mass is 9.75. The van der Waals surface area contributed by atoms with Gasteiger partial charge in [-0.05, 0) is 63.4 Å². The number of halogens is 3. The van der Waals surface area contributed by atoms with Gasteiger partial charge in [0.25, 0.3) is 5.91 Å². The van der Waals surface area contributed by atoms with E-state index in [9.17, 15) is 22.8 Å². The van der Waals surface area contributed by atoms with Crippen LogP contribution < -0.4 is 4.74 Å². The quantitative estimate of drug-likeness (QED) is 0.665. The standard InChI is InChI=1S/C23H33N3O3.C2HF3O2/c1-3-24-15-10-23(22(28)26-12-4-5-13-26)11-16-25(14-9-20(23)24)21(27)18-7-6-8-19(17-18)29-2;3-2(4,5)1(6)7/h6-8,17,20H,3-5,9-16H2,1-2H3;(H,6,7)/t20-,23-;/m1./s1. The first kappa shape index (κ1) is 27.8. The smallest absolute Gasteiger partial charge is 0.490 e. The summed E-state index contributed by atoms with van der Waals surface area (Å²) in [6, 6.07) is 7.60. The predicted molar refractivity (Wildman–Crippen MR) is 126 cm³/mol.